The molecule has 1 aromatic heterocycles. The molecule has 0 aliphatic carbocycles. The molecule has 0 aliphatic rings. The molecule has 2 aromatic carbocycles. The van der Waals surface area contributed by atoms with Gasteiger partial charge in [-0.3, -0.25) is 14.8 Å². The highest BCUT2D eigenvalue weighted by Gasteiger charge is 2.12. The molecule has 3 aromatic rings. The van der Waals surface area contributed by atoms with Crippen LogP contribution in [0.5, 0.6) is 0 Å². The number of rotatable bonds is 6. The van der Waals surface area contributed by atoms with Crippen molar-refractivity contribution in [1.82, 2.24) is 9.78 Å². The summed E-state index contributed by atoms with van der Waals surface area (Å²) in [6, 6.07) is 11.4. The highest BCUT2D eigenvalue weighted by Crippen LogP contribution is 2.22. The molecule has 0 saturated carbocycles. The molecular weight excluding hydrogens is 435 g/mol. The predicted octanol–water partition coefficient (Wildman–Crippen LogP) is 5.17. The van der Waals surface area contributed by atoms with E-state index in [0.717, 1.165) is 28.6 Å². The lowest BCUT2D eigenvalue weighted by Crippen LogP contribution is -2.13. The van der Waals surface area contributed by atoms with Crippen LogP contribution in [0.2, 0.25) is 5.02 Å². The fourth-order valence-electron chi connectivity index (χ4n) is 3.10. The van der Waals surface area contributed by atoms with Gasteiger partial charge in [-0.2, -0.15) is 5.10 Å². The maximum absolute atomic E-state index is 13.8. The van der Waals surface area contributed by atoms with E-state index in [9.17, 15) is 14.0 Å². The number of anilines is 2. The fourth-order valence-corrected chi connectivity index (χ4v) is 3.29. The third-order valence-electron chi connectivity index (χ3n) is 4.77. The number of carbonyl (C=O) groups is 2. The van der Waals surface area contributed by atoms with E-state index >= 15 is 0 Å². The summed E-state index contributed by atoms with van der Waals surface area (Å²) in [7, 11) is 1.17. The predicted molar refractivity (Wildman–Crippen MR) is 122 cm³/mol. The summed E-state index contributed by atoms with van der Waals surface area (Å²) >= 11 is 6.25. The number of benzene rings is 2. The molecule has 0 spiro atoms. The maximum atomic E-state index is 13.8. The molecule has 0 atom stereocenters. The van der Waals surface area contributed by atoms with Gasteiger partial charge in [0.25, 0.3) is 0 Å². The number of nitrogens with one attached hydrogen (secondary N) is 2. The number of hydrogen-bond donors (Lipinski definition) is 2. The Morgan fingerprint density at radius 3 is 2.66 bits per heavy atom. The van der Waals surface area contributed by atoms with Gasteiger partial charge in [0.05, 0.1) is 25.0 Å². The zero-order valence-electron chi connectivity index (χ0n) is 17.8. The van der Waals surface area contributed by atoms with Crippen molar-refractivity contribution >= 4 is 41.1 Å². The number of amides is 2. The van der Waals surface area contributed by atoms with Gasteiger partial charge in [0.1, 0.15) is 5.82 Å². The first kappa shape index (κ1) is 23.0. The summed E-state index contributed by atoms with van der Waals surface area (Å²) < 4.78 is 20.1. The standard InChI is InChI=1S/C23H22ClFN4O3/c1-14-18(15(2)29(28-14)13-16-6-4-5-7-19(16)24)9-11-22(30)26-17-8-10-20(25)21(12-17)27-23(31)32-3/h4-12H,13H2,1-3H3,(H,26,30)(H,27,31). The second-order valence-corrected chi connectivity index (χ2v) is 7.37. The minimum absolute atomic E-state index is 0.105. The smallest absolute Gasteiger partial charge is 0.411 e. The van der Waals surface area contributed by atoms with Crippen molar-refractivity contribution in [3.05, 3.63) is 81.9 Å². The quantitative estimate of drug-likeness (QED) is 0.501. The van der Waals surface area contributed by atoms with Crippen LogP contribution in [-0.4, -0.2) is 28.9 Å². The number of hydrogen-bond acceptors (Lipinski definition) is 4. The topological polar surface area (TPSA) is 85.2 Å². The second-order valence-electron chi connectivity index (χ2n) is 6.97. The van der Waals surface area contributed by atoms with Crippen LogP contribution in [0.4, 0.5) is 20.6 Å². The van der Waals surface area contributed by atoms with E-state index in [1.807, 2.05) is 42.8 Å². The van der Waals surface area contributed by atoms with E-state index < -0.39 is 17.8 Å². The Kier molecular flexibility index (Phi) is 7.27. The molecule has 7 nitrogen and oxygen atoms in total. The van der Waals surface area contributed by atoms with Crippen molar-refractivity contribution in [2.75, 3.05) is 17.7 Å². The number of halogens is 2. The summed E-state index contributed by atoms with van der Waals surface area (Å²) in [6.45, 7) is 4.29. The second kappa shape index (κ2) is 10.1. The molecule has 2 N–H and O–H groups in total. The van der Waals surface area contributed by atoms with Crippen molar-refractivity contribution < 1.29 is 18.7 Å². The average molecular weight is 457 g/mol. The largest absolute Gasteiger partial charge is 0.453 e. The highest BCUT2D eigenvalue weighted by molar-refractivity contribution is 6.31. The SMILES string of the molecule is COC(=O)Nc1cc(NC(=O)C=Cc2c(C)nn(Cc3ccccc3Cl)c2C)ccc1F. The molecule has 9 heteroatoms. The van der Waals surface area contributed by atoms with E-state index in [4.69, 9.17) is 11.6 Å². The molecule has 0 unspecified atom stereocenters. The van der Waals surface area contributed by atoms with E-state index in [2.05, 4.69) is 20.5 Å². The van der Waals surface area contributed by atoms with Gasteiger partial charge in [0, 0.05) is 28.0 Å². The van der Waals surface area contributed by atoms with Crippen LogP contribution in [0.15, 0.2) is 48.5 Å². The zero-order valence-corrected chi connectivity index (χ0v) is 18.5. The number of nitrogens with zero attached hydrogens (tertiary/aromatic N) is 2. The first-order chi connectivity index (χ1) is 15.3. The Labute approximate surface area is 189 Å². The van der Waals surface area contributed by atoms with Crippen LogP contribution in [0.1, 0.15) is 22.5 Å². The summed E-state index contributed by atoms with van der Waals surface area (Å²) in [6.07, 6.45) is 2.23. The van der Waals surface area contributed by atoms with Gasteiger partial charge in [0.2, 0.25) is 5.91 Å². The van der Waals surface area contributed by atoms with Crippen molar-refractivity contribution in [3.8, 4) is 0 Å². The summed E-state index contributed by atoms with van der Waals surface area (Å²) in [4.78, 5) is 23.7. The fraction of sp³-hybridized carbons (Fsp3) is 0.174. The third kappa shape index (κ3) is 5.53. The summed E-state index contributed by atoms with van der Waals surface area (Å²) in [5, 5.41) is 10.1. The molecule has 2 amide bonds. The number of aromatic nitrogens is 2. The number of methoxy groups -OCH3 is 1. The maximum Gasteiger partial charge on any atom is 0.411 e. The minimum atomic E-state index is -0.813. The van der Waals surface area contributed by atoms with Crippen molar-refractivity contribution in [1.29, 1.82) is 0 Å². The van der Waals surface area contributed by atoms with Crippen LogP contribution in [-0.2, 0) is 16.1 Å². The van der Waals surface area contributed by atoms with Gasteiger partial charge in [-0.05, 0) is 49.8 Å². The summed E-state index contributed by atoms with van der Waals surface area (Å²) in [5.41, 5.74) is 3.63. The molecule has 3 rings (SSSR count). The van der Waals surface area contributed by atoms with Crippen molar-refractivity contribution in [3.63, 3.8) is 0 Å². The van der Waals surface area contributed by atoms with Gasteiger partial charge in [-0.1, -0.05) is 29.8 Å². The van der Waals surface area contributed by atoms with E-state index in [-0.39, 0.29) is 5.69 Å². The highest BCUT2D eigenvalue weighted by atomic mass is 35.5. The monoisotopic (exact) mass is 456 g/mol. The lowest BCUT2D eigenvalue weighted by atomic mass is 10.1. The zero-order chi connectivity index (χ0) is 23.3. The number of carbonyl (C=O) groups excluding carboxylic acids is 2. The van der Waals surface area contributed by atoms with Crippen molar-refractivity contribution in [2.45, 2.75) is 20.4 Å². The van der Waals surface area contributed by atoms with Crippen LogP contribution in [0, 0.1) is 19.7 Å². The Morgan fingerprint density at radius 1 is 1.19 bits per heavy atom. The first-order valence-corrected chi connectivity index (χ1v) is 10.1. The van der Waals surface area contributed by atoms with E-state index in [1.54, 1.807) is 6.08 Å². The Balaban J connectivity index is 1.72. The van der Waals surface area contributed by atoms with Gasteiger partial charge in [-0.25, -0.2) is 9.18 Å². The Bertz CT molecular complexity index is 1190. The van der Waals surface area contributed by atoms with Gasteiger partial charge in [0.15, 0.2) is 0 Å². The average Bonchev–Trinajstić information content (AvgIpc) is 3.03. The van der Waals surface area contributed by atoms with Gasteiger partial charge >= 0.3 is 6.09 Å². The molecule has 32 heavy (non-hydrogen) atoms. The molecule has 1 heterocycles. The van der Waals surface area contributed by atoms with Crippen LogP contribution >= 0.6 is 11.6 Å². The summed E-state index contributed by atoms with van der Waals surface area (Å²) in [5.74, 6) is -1.07. The lowest BCUT2D eigenvalue weighted by molar-refractivity contribution is -0.111. The number of aryl methyl sites for hydroxylation is 1. The first-order valence-electron chi connectivity index (χ1n) is 9.69. The Hall–Kier alpha value is -3.65. The van der Waals surface area contributed by atoms with Crippen LogP contribution in [0.25, 0.3) is 6.08 Å². The molecule has 0 fully saturated rings. The Morgan fingerprint density at radius 2 is 1.94 bits per heavy atom. The van der Waals surface area contributed by atoms with E-state index in [0.29, 0.717) is 17.3 Å². The molecule has 0 radical (unpaired) electrons. The molecule has 0 saturated heterocycles. The molecule has 0 bridgehead atoms. The molecule has 0 aliphatic heterocycles. The number of ether oxygens (including phenoxy) is 1. The van der Waals surface area contributed by atoms with Gasteiger partial charge < -0.3 is 10.1 Å². The third-order valence-corrected chi connectivity index (χ3v) is 5.14. The lowest BCUT2D eigenvalue weighted by Gasteiger charge is -2.08. The van der Waals surface area contributed by atoms with E-state index in [1.165, 1.54) is 25.3 Å². The van der Waals surface area contributed by atoms with Crippen LogP contribution in [0.3, 0.4) is 0 Å². The molecular formula is C23H22ClFN4O3. The van der Waals surface area contributed by atoms with Crippen LogP contribution < -0.4 is 10.6 Å². The van der Waals surface area contributed by atoms with Crippen molar-refractivity contribution in [2.24, 2.45) is 0 Å². The van der Waals surface area contributed by atoms with Gasteiger partial charge in [-0.15, -0.1) is 0 Å². The normalized spacial score (nSPS) is 10.9. The molecule has 166 valence electrons. The minimum Gasteiger partial charge on any atom is -0.453 e.